The van der Waals surface area contributed by atoms with E-state index in [1.54, 1.807) is 6.26 Å². The van der Waals surface area contributed by atoms with Crippen LogP contribution in [0.4, 0.5) is 0 Å². The zero-order valence-corrected chi connectivity index (χ0v) is 25.6. The van der Waals surface area contributed by atoms with Crippen LogP contribution >= 0.6 is 34.7 Å². The summed E-state index contributed by atoms with van der Waals surface area (Å²) >= 11 is 9.33. The summed E-state index contributed by atoms with van der Waals surface area (Å²) in [5.74, 6) is 3.28. The fourth-order valence-corrected chi connectivity index (χ4v) is 7.04. The van der Waals surface area contributed by atoms with Gasteiger partial charge in [-0.3, -0.25) is 14.3 Å². The number of halogens is 1. The van der Waals surface area contributed by atoms with E-state index < -0.39 is 0 Å². The number of carbonyl (C=O) groups excluding carboxylic acids is 1. The molecule has 5 aromatic rings. The number of thiazole rings is 1. The molecule has 2 aromatic carbocycles. The van der Waals surface area contributed by atoms with E-state index in [-0.39, 0.29) is 12.7 Å². The van der Waals surface area contributed by atoms with Crippen molar-refractivity contribution in [1.82, 2.24) is 29.5 Å². The van der Waals surface area contributed by atoms with Crippen LogP contribution in [0.3, 0.4) is 0 Å². The first-order valence-electron chi connectivity index (χ1n) is 13.7. The Balaban J connectivity index is 0.995. The Morgan fingerprint density at radius 1 is 1.05 bits per heavy atom. The smallest absolute Gasteiger partial charge is 0.273 e. The van der Waals surface area contributed by atoms with Gasteiger partial charge < -0.3 is 18.8 Å². The number of carbonyl (C=O) groups is 1. The number of hydrogen-bond acceptors (Lipinski definition) is 10. The second-order valence-corrected chi connectivity index (χ2v) is 12.5. The van der Waals surface area contributed by atoms with Gasteiger partial charge in [-0.2, -0.15) is 0 Å². The van der Waals surface area contributed by atoms with Crippen LogP contribution in [-0.2, 0) is 12.3 Å². The Morgan fingerprint density at radius 3 is 2.74 bits per heavy atom. The molecule has 1 saturated heterocycles. The van der Waals surface area contributed by atoms with Crippen molar-refractivity contribution in [3.63, 3.8) is 0 Å². The van der Waals surface area contributed by atoms with Crippen LogP contribution in [0.25, 0.3) is 17.3 Å². The maximum Gasteiger partial charge on any atom is 0.273 e. The average Bonchev–Trinajstić information content (AvgIpc) is 3.84. The molecule has 0 bridgehead atoms. The molecule has 1 fully saturated rings. The quantitative estimate of drug-likeness (QED) is 0.193. The summed E-state index contributed by atoms with van der Waals surface area (Å²) in [6.45, 7) is 5.99. The molecular weight excluding hydrogens is 608 g/mol. The third-order valence-corrected chi connectivity index (χ3v) is 9.59. The first-order valence-corrected chi connectivity index (χ1v) is 16.0. The van der Waals surface area contributed by atoms with Gasteiger partial charge >= 0.3 is 0 Å². The van der Waals surface area contributed by atoms with E-state index >= 15 is 0 Å². The molecule has 43 heavy (non-hydrogen) atoms. The Kier molecular flexibility index (Phi) is 7.83. The molecular formula is C30H27ClN6O4S2. The van der Waals surface area contributed by atoms with E-state index in [2.05, 4.69) is 26.1 Å². The molecule has 10 nitrogen and oxygen atoms in total. The Labute approximate surface area is 261 Å². The number of piperazine rings is 1. The predicted octanol–water partition coefficient (Wildman–Crippen LogP) is 5.92. The van der Waals surface area contributed by atoms with Gasteiger partial charge in [-0.15, -0.1) is 21.5 Å². The minimum atomic E-state index is -0.0342. The molecule has 3 aromatic heterocycles. The first kappa shape index (κ1) is 28.0. The van der Waals surface area contributed by atoms with Gasteiger partial charge in [-0.1, -0.05) is 35.5 Å². The lowest BCUT2D eigenvalue weighted by Gasteiger charge is -2.34. The minimum absolute atomic E-state index is 0.0342. The molecule has 0 aliphatic carbocycles. The Morgan fingerprint density at radius 2 is 1.91 bits per heavy atom. The normalized spacial score (nSPS) is 14.9. The van der Waals surface area contributed by atoms with E-state index in [0.717, 1.165) is 47.4 Å². The van der Waals surface area contributed by atoms with Gasteiger partial charge in [-0.25, -0.2) is 4.98 Å². The summed E-state index contributed by atoms with van der Waals surface area (Å²) in [6, 6.07) is 15.4. The number of ether oxygens (including phenoxy) is 2. The van der Waals surface area contributed by atoms with E-state index in [9.17, 15) is 4.79 Å². The lowest BCUT2D eigenvalue weighted by atomic mass is 10.1. The van der Waals surface area contributed by atoms with Crippen molar-refractivity contribution >= 4 is 40.6 Å². The number of nitrogens with zero attached hydrogens (tertiary/aromatic N) is 6. The van der Waals surface area contributed by atoms with Crippen molar-refractivity contribution in [1.29, 1.82) is 0 Å². The topological polar surface area (TPSA) is 98.8 Å². The van der Waals surface area contributed by atoms with Crippen LogP contribution in [-0.4, -0.2) is 68.4 Å². The zero-order chi connectivity index (χ0) is 29.3. The van der Waals surface area contributed by atoms with E-state index in [1.165, 1.54) is 28.7 Å². The highest BCUT2D eigenvalue weighted by Crippen LogP contribution is 2.34. The van der Waals surface area contributed by atoms with Gasteiger partial charge in [0.25, 0.3) is 5.91 Å². The van der Waals surface area contributed by atoms with Crippen LogP contribution in [0.2, 0.25) is 5.02 Å². The van der Waals surface area contributed by atoms with Gasteiger partial charge in [-0.05, 0) is 54.4 Å². The van der Waals surface area contributed by atoms with Crippen molar-refractivity contribution in [2.24, 2.45) is 0 Å². The molecule has 7 rings (SSSR count). The maximum atomic E-state index is 13.3. The van der Waals surface area contributed by atoms with Gasteiger partial charge in [0.2, 0.25) is 12.6 Å². The van der Waals surface area contributed by atoms with Crippen molar-refractivity contribution in [2.45, 2.75) is 24.4 Å². The molecule has 2 aliphatic rings. The summed E-state index contributed by atoms with van der Waals surface area (Å²) in [6.07, 6.45) is 1.61. The summed E-state index contributed by atoms with van der Waals surface area (Å²) in [4.78, 5) is 22.2. The molecule has 0 unspecified atom stereocenters. The lowest BCUT2D eigenvalue weighted by Crippen LogP contribution is -2.48. The monoisotopic (exact) mass is 634 g/mol. The molecule has 220 valence electrons. The van der Waals surface area contributed by atoms with Crippen molar-refractivity contribution in [2.75, 3.05) is 33.0 Å². The summed E-state index contributed by atoms with van der Waals surface area (Å²) in [5.41, 5.74) is 3.55. The molecule has 0 atom stereocenters. The van der Waals surface area contributed by atoms with Crippen molar-refractivity contribution < 1.29 is 18.7 Å². The lowest BCUT2D eigenvalue weighted by molar-refractivity contribution is 0.0623. The van der Waals surface area contributed by atoms with Crippen molar-refractivity contribution in [3.8, 4) is 28.8 Å². The fourth-order valence-electron chi connectivity index (χ4n) is 5.14. The molecule has 2 aliphatic heterocycles. The number of aromatic nitrogens is 4. The third-order valence-electron chi connectivity index (χ3n) is 7.39. The Hall–Kier alpha value is -3.84. The number of aryl methyl sites for hydroxylation is 1. The molecule has 1 amide bonds. The third kappa shape index (κ3) is 5.87. The highest BCUT2D eigenvalue weighted by molar-refractivity contribution is 7.98. The maximum absolute atomic E-state index is 13.3. The van der Waals surface area contributed by atoms with Crippen LogP contribution in [0.15, 0.2) is 69.7 Å². The number of fused-ring (bicyclic) bond motifs is 1. The molecule has 13 heteroatoms. The first-order chi connectivity index (χ1) is 21.0. The molecule has 0 spiro atoms. The average molecular weight is 635 g/mol. The highest BCUT2D eigenvalue weighted by Gasteiger charge is 2.25. The highest BCUT2D eigenvalue weighted by atomic mass is 35.5. The summed E-state index contributed by atoms with van der Waals surface area (Å²) in [5, 5.41) is 12.9. The van der Waals surface area contributed by atoms with Crippen LogP contribution in [0, 0.1) is 6.92 Å². The van der Waals surface area contributed by atoms with E-state index in [4.69, 9.17) is 25.5 Å². The predicted molar refractivity (Wildman–Crippen MR) is 164 cm³/mol. The van der Waals surface area contributed by atoms with Crippen LogP contribution < -0.4 is 9.47 Å². The number of benzene rings is 2. The number of amides is 1. The Bertz CT molecular complexity index is 1760. The van der Waals surface area contributed by atoms with Crippen LogP contribution in [0.5, 0.6) is 11.5 Å². The standard InChI is InChI=1S/C30H27ClN6O4S2/c1-19-4-6-21(31)14-23(19)37-28(25-3-2-12-39-25)33-34-30(37)43-17-27-32-22(16-42-27)29(38)36-10-8-35(9-11-36)15-20-5-7-24-26(13-20)41-18-40-24/h2-7,12-14,16H,8-11,15,17-18H2,1H3. The molecule has 0 radical (unpaired) electrons. The summed E-state index contributed by atoms with van der Waals surface area (Å²) in [7, 11) is 0. The summed E-state index contributed by atoms with van der Waals surface area (Å²) < 4.78 is 18.5. The van der Waals surface area contributed by atoms with Crippen molar-refractivity contribution in [3.05, 3.63) is 87.0 Å². The number of rotatable bonds is 8. The van der Waals surface area contributed by atoms with Gasteiger partial charge in [0, 0.05) is 43.1 Å². The van der Waals surface area contributed by atoms with E-state index in [1.807, 2.05) is 64.2 Å². The largest absolute Gasteiger partial charge is 0.461 e. The second-order valence-electron chi connectivity index (χ2n) is 10.2. The SMILES string of the molecule is Cc1ccc(Cl)cc1-n1c(SCc2nc(C(=O)N3CCN(Cc4ccc5c(c4)OCO5)CC3)cs2)nnc1-c1ccco1. The molecule has 0 N–H and O–H groups in total. The molecule has 0 saturated carbocycles. The number of hydrogen-bond donors (Lipinski definition) is 0. The number of furan rings is 1. The van der Waals surface area contributed by atoms with Gasteiger partial charge in [0.05, 0.1) is 17.7 Å². The van der Waals surface area contributed by atoms with Crippen LogP contribution in [0.1, 0.15) is 26.6 Å². The number of thioether (sulfide) groups is 1. The van der Waals surface area contributed by atoms with Gasteiger partial charge in [0.15, 0.2) is 22.4 Å². The zero-order valence-electron chi connectivity index (χ0n) is 23.2. The van der Waals surface area contributed by atoms with Gasteiger partial charge in [0.1, 0.15) is 10.7 Å². The van der Waals surface area contributed by atoms with E-state index in [0.29, 0.717) is 46.3 Å². The fraction of sp³-hybridized carbons (Fsp3) is 0.267. The second kappa shape index (κ2) is 12.0. The molecule has 5 heterocycles. The minimum Gasteiger partial charge on any atom is -0.461 e.